The van der Waals surface area contributed by atoms with Crippen LogP contribution in [0.3, 0.4) is 0 Å². The molecule has 0 fully saturated rings. The van der Waals surface area contributed by atoms with Crippen molar-refractivity contribution in [1.29, 1.82) is 0 Å². The summed E-state index contributed by atoms with van der Waals surface area (Å²) in [4.78, 5) is 3.87. The van der Waals surface area contributed by atoms with Crippen molar-refractivity contribution in [3.8, 4) is 23.0 Å². The lowest BCUT2D eigenvalue weighted by molar-refractivity contribution is 0.0108. The average Bonchev–Trinajstić information content (AvgIpc) is 3.12. The topological polar surface area (TPSA) is 124 Å². The summed E-state index contributed by atoms with van der Waals surface area (Å²) >= 11 is 0. The van der Waals surface area contributed by atoms with Crippen molar-refractivity contribution in [3.05, 3.63) is 121 Å². The number of aliphatic hydroxyl groups is 4. The van der Waals surface area contributed by atoms with Crippen LogP contribution < -0.4 is 18.9 Å². The molecule has 4 unspecified atom stereocenters. The molecule has 4 atom stereocenters. The van der Waals surface area contributed by atoms with E-state index in [0.717, 1.165) is 0 Å². The Kier molecular flexibility index (Phi) is 16.0. The van der Waals surface area contributed by atoms with Gasteiger partial charge in [-0.25, -0.2) is 0 Å². The molecule has 4 N–H and O–H groups in total. The van der Waals surface area contributed by atoms with Crippen molar-refractivity contribution < 1.29 is 39.4 Å². The summed E-state index contributed by atoms with van der Waals surface area (Å²) in [6.45, 7) is 2.04. The lowest BCUT2D eigenvalue weighted by Crippen LogP contribution is -2.48. The SMILES string of the molecule is OC(COc1ccccc1)CN(CCN(CC(O)COc1ccccc1)CC(O)COc1ccccc1)CC(O)COc1ccccc1. The van der Waals surface area contributed by atoms with Gasteiger partial charge in [-0.05, 0) is 48.5 Å². The molecule has 0 aliphatic rings. The van der Waals surface area contributed by atoms with E-state index in [1.54, 1.807) is 0 Å². The maximum absolute atomic E-state index is 10.9. The fourth-order valence-electron chi connectivity index (χ4n) is 5.04. The summed E-state index contributed by atoms with van der Waals surface area (Å²) in [7, 11) is 0. The Labute approximate surface area is 283 Å². The number of aliphatic hydroxyl groups excluding tert-OH is 4. The van der Waals surface area contributed by atoms with E-state index in [2.05, 4.69) is 0 Å². The molecule has 0 aliphatic heterocycles. The summed E-state index contributed by atoms with van der Waals surface area (Å²) < 4.78 is 23.1. The molecule has 4 aromatic carbocycles. The normalized spacial score (nSPS) is 13.9. The molecule has 0 spiro atoms. The molecule has 0 aliphatic carbocycles. The molecule has 0 aromatic heterocycles. The lowest BCUT2D eigenvalue weighted by atomic mass is 10.2. The minimum Gasteiger partial charge on any atom is -0.491 e. The number of nitrogens with zero attached hydrogens (tertiary/aromatic N) is 2. The minimum atomic E-state index is -0.837. The van der Waals surface area contributed by atoms with Crippen molar-refractivity contribution in [2.24, 2.45) is 0 Å². The van der Waals surface area contributed by atoms with Gasteiger partial charge in [-0.2, -0.15) is 0 Å². The van der Waals surface area contributed by atoms with Gasteiger partial charge >= 0.3 is 0 Å². The molecule has 258 valence electrons. The molecular formula is C38H48N2O8. The number of benzene rings is 4. The van der Waals surface area contributed by atoms with Crippen molar-refractivity contribution in [3.63, 3.8) is 0 Å². The second-order valence-corrected chi connectivity index (χ2v) is 11.6. The second-order valence-electron chi connectivity index (χ2n) is 11.6. The zero-order chi connectivity index (χ0) is 33.8. The van der Waals surface area contributed by atoms with E-state index >= 15 is 0 Å². The van der Waals surface area contributed by atoms with Crippen molar-refractivity contribution >= 4 is 0 Å². The van der Waals surface area contributed by atoms with Gasteiger partial charge in [0.15, 0.2) is 0 Å². The standard InChI is InChI=1S/C38H48N2O8/c41-31(27-45-35-13-5-1-6-14-35)23-39(24-32(42)28-46-36-15-7-2-8-16-36)21-22-40(25-33(43)29-47-37-17-9-3-10-18-37)26-34(44)30-48-38-19-11-4-12-20-38/h1-20,31-34,41-44H,21-30H2. The maximum Gasteiger partial charge on any atom is 0.119 e. The van der Waals surface area contributed by atoms with Gasteiger partial charge in [-0.1, -0.05) is 72.8 Å². The molecule has 4 rings (SSSR count). The number of hydrogen-bond acceptors (Lipinski definition) is 10. The van der Waals surface area contributed by atoms with Gasteiger partial charge in [-0.3, -0.25) is 9.80 Å². The third kappa shape index (κ3) is 14.7. The third-order valence-corrected chi connectivity index (χ3v) is 7.35. The van der Waals surface area contributed by atoms with E-state index in [0.29, 0.717) is 36.1 Å². The summed E-state index contributed by atoms with van der Waals surface area (Å²) in [6.07, 6.45) is -3.35. The smallest absolute Gasteiger partial charge is 0.119 e. The van der Waals surface area contributed by atoms with Gasteiger partial charge < -0.3 is 39.4 Å². The highest BCUT2D eigenvalue weighted by Crippen LogP contribution is 2.13. The Balaban J connectivity index is 1.37. The first-order valence-electron chi connectivity index (χ1n) is 16.3. The van der Waals surface area contributed by atoms with Crippen LogP contribution in [-0.4, -0.2) is 120 Å². The number of rotatable bonds is 23. The zero-order valence-electron chi connectivity index (χ0n) is 27.2. The quantitative estimate of drug-likeness (QED) is 0.0942. The lowest BCUT2D eigenvalue weighted by Gasteiger charge is -2.32. The Morgan fingerprint density at radius 2 is 0.562 bits per heavy atom. The van der Waals surface area contributed by atoms with E-state index in [-0.39, 0.29) is 52.6 Å². The second kappa shape index (κ2) is 20.9. The maximum atomic E-state index is 10.9. The van der Waals surface area contributed by atoms with Crippen LogP contribution in [-0.2, 0) is 0 Å². The van der Waals surface area contributed by atoms with Crippen LogP contribution in [0.4, 0.5) is 0 Å². The fourth-order valence-corrected chi connectivity index (χ4v) is 5.04. The van der Waals surface area contributed by atoms with Gasteiger partial charge in [0.25, 0.3) is 0 Å². The Hall–Kier alpha value is -4.16. The van der Waals surface area contributed by atoms with Gasteiger partial charge in [0.1, 0.15) is 73.8 Å². The predicted molar refractivity (Wildman–Crippen MR) is 185 cm³/mol. The van der Waals surface area contributed by atoms with E-state index in [4.69, 9.17) is 18.9 Å². The predicted octanol–water partition coefficient (Wildman–Crippen LogP) is 3.35. The molecule has 4 aromatic rings. The van der Waals surface area contributed by atoms with Crippen LogP contribution in [0.5, 0.6) is 23.0 Å². The van der Waals surface area contributed by atoms with Crippen LogP contribution in [0, 0.1) is 0 Å². The molecular weight excluding hydrogens is 612 g/mol. The van der Waals surface area contributed by atoms with Crippen molar-refractivity contribution in [2.75, 3.05) is 65.7 Å². The number of para-hydroxylation sites is 4. The van der Waals surface area contributed by atoms with E-state index in [1.807, 2.05) is 131 Å². The highest BCUT2D eigenvalue weighted by Gasteiger charge is 2.21. The average molecular weight is 661 g/mol. The molecule has 48 heavy (non-hydrogen) atoms. The number of hydrogen-bond donors (Lipinski definition) is 4. The van der Waals surface area contributed by atoms with Crippen molar-refractivity contribution in [2.45, 2.75) is 24.4 Å². The molecule has 0 amide bonds. The van der Waals surface area contributed by atoms with Crippen LogP contribution in [0.15, 0.2) is 121 Å². The highest BCUT2D eigenvalue weighted by atomic mass is 16.5. The first kappa shape index (κ1) is 36.7. The molecule has 0 saturated heterocycles. The Morgan fingerprint density at radius 3 is 0.771 bits per heavy atom. The summed E-state index contributed by atoms with van der Waals surface area (Å²) in [5.74, 6) is 2.63. The zero-order valence-corrected chi connectivity index (χ0v) is 27.2. The largest absolute Gasteiger partial charge is 0.491 e. The van der Waals surface area contributed by atoms with Gasteiger partial charge in [0, 0.05) is 39.3 Å². The highest BCUT2D eigenvalue weighted by molar-refractivity contribution is 5.23. The molecule has 10 nitrogen and oxygen atoms in total. The fraction of sp³-hybridized carbons (Fsp3) is 0.368. The van der Waals surface area contributed by atoms with E-state index in [9.17, 15) is 20.4 Å². The van der Waals surface area contributed by atoms with Gasteiger partial charge in [0.2, 0.25) is 0 Å². The minimum absolute atomic E-state index is 0.0753. The molecule has 0 radical (unpaired) electrons. The summed E-state index contributed by atoms with van der Waals surface area (Å²) in [5, 5.41) is 43.6. The van der Waals surface area contributed by atoms with Crippen LogP contribution in [0.2, 0.25) is 0 Å². The van der Waals surface area contributed by atoms with Gasteiger partial charge in [0.05, 0.1) is 0 Å². The third-order valence-electron chi connectivity index (χ3n) is 7.35. The van der Waals surface area contributed by atoms with Crippen LogP contribution >= 0.6 is 0 Å². The molecule has 10 heteroatoms. The first-order valence-corrected chi connectivity index (χ1v) is 16.3. The van der Waals surface area contributed by atoms with Gasteiger partial charge in [-0.15, -0.1) is 0 Å². The number of ether oxygens (including phenoxy) is 4. The van der Waals surface area contributed by atoms with Crippen molar-refractivity contribution in [1.82, 2.24) is 9.80 Å². The van der Waals surface area contributed by atoms with E-state index < -0.39 is 24.4 Å². The monoisotopic (exact) mass is 660 g/mol. The molecule has 0 heterocycles. The Bertz CT molecular complexity index is 1160. The van der Waals surface area contributed by atoms with E-state index in [1.165, 1.54) is 0 Å². The Morgan fingerprint density at radius 1 is 0.354 bits per heavy atom. The summed E-state index contributed by atoms with van der Waals surface area (Å²) in [5.41, 5.74) is 0. The van der Waals surface area contributed by atoms with Crippen LogP contribution in [0.1, 0.15) is 0 Å². The van der Waals surface area contributed by atoms with Crippen LogP contribution in [0.25, 0.3) is 0 Å². The first-order chi connectivity index (χ1) is 23.4. The molecule has 0 bridgehead atoms. The molecule has 0 saturated carbocycles. The summed E-state index contributed by atoms with van der Waals surface area (Å²) in [6, 6.07) is 37.1.